The average Bonchev–Trinajstić information content (AvgIpc) is 3.05. The van der Waals surface area contributed by atoms with Gasteiger partial charge in [0.25, 0.3) is 0 Å². The highest BCUT2D eigenvalue weighted by molar-refractivity contribution is 7.72. The van der Waals surface area contributed by atoms with Gasteiger partial charge in [0.05, 0.1) is 0 Å². The van der Waals surface area contributed by atoms with Crippen LogP contribution in [0.3, 0.4) is 0 Å². The van der Waals surface area contributed by atoms with E-state index in [4.69, 9.17) is 11.6 Å². The molecule has 0 aliphatic carbocycles. The number of halogens is 4. The molecular formula is C16H12ClF3N3O2P. The molecule has 0 fully saturated rings. The zero-order valence-electron chi connectivity index (χ0n) is 13.3. The lowest BCUT2D eigenvalue weighted by Gasteiger charge is -2.16. The van der Waals surface area contributed by atoms with E-state index in [9.17, 15) is 17.7 Å². The van der Waals surface area contributed by atoms with E-state index in [2.05, 4.69) is 19.8 Å². The summed E-state index contributed by atoms with van der Waals surface area (Å²) in [7, 11) is -3.04. The second-order valence-electron chi connectivity index (χ2n) is 5.51. The molecule has 0 spiro atoms. The maximum Gasteiger partial charge on any atom is 0.400 e. The number of nitrogens with one attached hydrogen (secondary N) is 1. The molecule has 0 amide bonds. The fourth-order valence-corrected chi connectivity index (χ4v) is 3.78. The van der Waals surface area contributed by atoms with E-state index < -0.39 is 24.4 Å². The Morgan fingerprint density at radius 2 is 1.88 bits per heavy atom. The second kappa shape index (κ2) is 6.78. The van der Waals surface area contributed by atoms with E-state index in [1.807, 2.05) is 0 Å². The van der Waals surface area contributed by atoms with E-state index >= 15 is 0 Å². The van der Waals surface area contributed by atoms with Crippen LogP contribution in [0, 0.1) is 5.82 Å². The van der Waals surface area contributed by atoms with E-state index in [1.165, 1.54) is 49.1 Å². The summed E-state index contributed by atoms with van der Waals surface area (Å²) in [4.78, 5) is 3.53. The monoisotopic (exact) mass is 401 g/mol. The van der Waals surface area contributed by atoms with Gasteiger partial charge in [-0.3, -0.25) is 4.57 Å². The minimum atomic E-state index is -3.75. The van der Waals surface area contributed by atoms with Gasteiger partial charge in [-0.05, 0) is 41.9 Å². The van der Waals surface area contributed by atoms with Crippen molar-refractivity contribution in [3.05, 3.63) is 60.2 Å². The number of hydrogen-bond donors (Lipinski definition) is 1. The zero-order chi connectivity index (χ0) is 18.9. The smallest absolute Gasteiger partial charge is 0.333 e. The van der Waals surface area contributed by atoms with Gasteiger partial charge >= 0.3 is 11.3 Å². The van der Waals surface area contributed by atoms with Crippen molar-refractivity contribution in [2.24, 2.45) is 0 Å². The van der Waals surface area contributed by atoms with Gasteiger partial charge in [-0.15, -0.1) is 0 Å². The van der Waals surface area contributed by atoms with Crippen LogP contribution in [0.25, 0.3) is 11.4 Å². The number of anilines is 1. The number of hydrogen-bond acceptors (Lipinski definition) is 4. The summed E-state index contributed by atoms with van der Waals surface area (Å²) in [6, 6.07) is 11.7. The highest BCUT2D eigenvalue weighted by atomic mass is 35.5. The average molecular weight is 402 g/mol. The Kier molecular flexibility index (Phi) is 4.82. The predicted molar refractivity (Wildman–Crippen MR) is 92.7 cm³/mol. The normalized spacial score (nSPS) is 14.0. The molecule has 0 aliphatic heterocycles. The molecule has 0 saturated carbocycles. The molecule has 0 radical (unpaired) electrons. The molecule has 1 aromatic heterocycles. The number of benzene rings is 2. The van der Waals surface area contributed by atoms with Gasteiger partial charge in [0.2, 0.25) is 5.82 Å². The number of nitrogens with zero attached hydrogens (tertiary/aromatic N) is 2. The first-order valence-electron chi connectivity index (χ1n) is 7.28. The Balaban J connectivity index is 1.82. The molecule has 1 heterocycles. The van der Waals surface area contributed by atoms with Crippen molar-refractivity contribution in [1.29, 1.82) is 0 Å². The van der Waals surface area contributed by atoms with Crippen molar-refractivity contribution in [3.8, 4) is 11.4 Å². The molecule has 3 aromatic rings. The Labute approximate surface area is 151 Å². The molecule has 0 saturated heterocycles. The summed E-state index contributed by atoms with van der Waals surface area (Å²) >= 11 is 4.83. The third-order valence-corrected chi connectivity index (χ3v) is 5.58. The summed E-state index contributed by atoms with van der Waals surface area (Å²) in [5.74, 6) is -1.53. The Morgan fingerprint density at radius 1 is 1.19 bits per heavy atom. The highest BCUT2D eigenvalue weighted by Gasteiger charge is 2.35. The SMILES string of the molecule is CP(=O)(Nc1cccc(F)c1)c1ccc(-c2noc(C(F)(F)Cl)n2)cc1. The molecule has 3 rings (SSSR count). The molecule has 26 heavy (non-hydrogen) atoms. The maximum absolute atomic E-state index is 13.3. The van der Waals surface area contributed by atoms with E-state index in [0.29, 0.717) is 16.6 Å². The molecule has 0 aliphatic rings. The molecule has 1 unspecified atom stereocenters. The van der Waals surface area contributed by atoms with E-state index in [0.717, 1.165) is 0 Å². The summed E-state index contributed by atoms with van der Waals surface area (Å²) in [5.41, 5.74) is 0.766. The molecule has 1 N–H and O–H groups in total. The first kappa shape index (κ1) is 18.5. The quantitative estimate of drug-likeness (QED) is 0.491. The van der Waals surface area contributed by atoms with Crippen LogP contribution in [-0.4, -0.2) is 16.8 Å². The van der Waals surface area contributed by atoms with Crippen molar-refractivity contribution >= 4 is 29.9 Å². The zero-order valence-corrected chi connectivity index (χ0v) is 14.9. The molecule has 5 nitrogen and oxygen atoms in total. The van der Waals surface area contributed by atoms with Crippen molar-refractivity contribution < 1.29 is 22.3 Å². The molecule has 136 valence electrons. The maximum atomic E-state index is 13.3. The van der Waals surface area contributed by atoms with Gasteiger partial charge < -0.3 is 9.61 Å². The van der Waals surface area contributed by atoms with Gasteiger partial charge in [-0.25, -0.2) is 4.39 Å². The van der Waals surface area contributed by atoms with Gasteiger partial charge in [-0.2, -0.15) is 13.8 Å². The van der Waals surface area contributed by atoms with Crippen LogP contribution in [0.2, 0.25) is 0 Å². The Bertz CT molecular complexity index is 973. The van der Waals surface area contributed by atoms with Gasteiger partial charge in [0, 0.05) is 23.2 Å². The van der Waals surface area contributed by atoms with Crippen LogP contribution in [0.4, 0.5) is 18.9 Å². The van der Waals surface area contributed by atoms with Crippen LogP contribution in [0.1, 0.15) is 5.89 Å². The van der Waals surface area contributed by atoms with Crippen LogP contribution < -0.4 is 10.4 Å². The molecular weight excluding hydrogens is 390 g/mol. The predicted octanol–water partition coefficient (Wildman–Crippen LogP) is 4.81. The fraction of sp³-hybridized carbons (Fsp3) is 0.125. The van der Waals surface area contributed by atoms with Crippen LogP contribution >= 0.6 is 18.9 Å². The fourth-order valence-electron chi connectivity index (χ4n) is 2.22. The van der Waals surface area contributed by atoms with Gasteiger partial charge in [-0.1, -0.05) is 23.4 Å². The minimum absolute atomic E-state index is 0.0732. The second-order valence-corrected chi connectivity index (χ2v) is 8.58. The van der Waals surface area contributed by atoms with Crippen LogP contribution in [-0.2, 0) is 9.95 Å². The summed E-state index contributed by atoms with van der Waals surface area (Å²) in [5, 5.41) is 2.96. The minimum Gasteiger partial charge on any atom is -0.333 e. The van der Waals surface area contributed by atoms with Gasteiger partial charge in [0.15, 0.2) is 7.29 Å². The topological polar surface area (TPSA) is 68.0 Å². The third-order valence-electron chi connectivity index (χ3n) is 3.45. The van der Waals surface area contributed by atoms with Crippen molar-refractivity contribution in [3.63, 3.8) is 0 Å². The number of aromatic nitrogens is 2. The number of rotatable bonds is 5. The lowest BCUT2D eigenvalue weighted by atomic mass is 10.2. The molecule has 10 heteroatoms. The van der Waals surface area contributed by atoms with Crippen molar-refractivity contribution in [2.75, 3.05) is 11.8 Å². The van der Waals surface area contributed by atoms with Crippen LogP contribution in [0.15, 0.2) is 53.1 Å². The van der Waals surface area contributed by atoms with Crippen molar-refractivity contribution in [1.82, 2.24) is 10.1 Å². The van der Waals surface area contributed by atoms with E-state index in [-0.39, 0.29) is 5.82 Å². The Hall–Kier alpha value is -2.31. The lowest BCUT2D eigenvalue weighted by molar-refractivity contribution is 0.0551. The van der Waals surface area contributed by atoms with Crippen molar-refractivity contribution in [2.45, 2.75) is 5.38 Å². The first-order chi connectivity index (χ1) is 12.1. The first-order valence-corrected chi connectivity index (χ1v) is 9.82. The molecule has 2 aromatic carbocycles. The van der Waals surface area contributed by atoms with E-state index in [1.54, 1.807) is 6.07 Å². The standard InChI is InChI=1S/C16H12ClF3N3O2P/c1-26(24,23-12-4-2-3-11(18)9-12)13-7-5-10(6-8-13)14-21-15(25-22-14)16(17,19)20/h2-9H,1H3,(H,23,24). The lowest BCUT2D eigenvalue weighted by Crippen LogP contribution is -2.10. The molecule has 1 atom stereocenters. The Morgan fingerprint density at radius 3 is 2.46 bits per heavy atom. The largest absolute Gasteiger partial charge is 0.400 e. The molecule has 0 bridgehead atoms. The summed E-state index contributed by atoms with van der Waals surface area (Å²) < 4.78 is 56.4. The van der Waals surface area contributed by atoms with Gasteiger partial charge in [0.1, 0.15) is 5.82 Å². The number of alkyl halides is 3. The summed E-state index contributed by atoms with van der Waals surface area (Å²) in [6.07, 6.45) is 0. The highest BCUT2D eigenvalue weighted by Crippen LogP contribution is 2.40. The third kappa shape index (κ3) is 4.08. The summed E-state index contributed by atoms with van der Waals surface area (Å²) in [6.45, 7) is 1.49. The van der Waals surface area contributed by atoms with Crippen LogP contribution in [0.5, 0.6) is 0 Å².